The quantitative estimate of drug-likeness (QED) is 0.380. The van der Waals surface area contributed by atoms with Crippen molar-refractivity contribution in [3.05, 3.63) is 30.6 Å². The first-order chi connectivity index (χ1) is 14.5. The number of carbonyl (C=O) groups excluding carboxylic acids is 1. The molecule has 0 aliphatic carbocycles. The molecule has 0 aliphatic rings. The molecule has 0 saturated heterocycles. The van der Waals surface area contributed by atoms with Crippen molar-refractivity contribution in [2.75, 3.05) is 43.1 Å². The Morgan fingerprint density at radius 2 is 1.90 bits per heavy atom. The first-order valence-electron chi connectivity index (χ1n) is 9.37. The molecule has 0 aliphatic heterocycles. The molecule has 0 spiro atoms. The summed E-state index contributed by atoms with van der Waals surface area (Å²) in [5, 5.41) is 17.2. The summed E-state index contributed by atoms with van der Waals surface area (Å²) in [5.74, 6) is 1.23. The molecular weight excluding hydrogens is 404 g/mol. The highest BCUT2D eigenvalue weighted by atomic mass is 32.2. The standard InChI is InChI=1S/C18H24N10OS/c1-4-14(29)22-12-5-7-13(8-6-12)30-18-25-15(19-9-10-28(2)3)23-17(26-18)24-16-20-11-21-27-16/h5-8,11H,4,9-10H2,1-3H3,(H,22,29)(H3,19,20,21,23,24,25,26,27). The van der Waals surface area contributed by atoms with E-state index >= 15 is 0 Å². The molecule has 12 heteroatoms. The number of likely N-dealkylation sites (N-methyl/N-ethyl adjacent to an activating group) is 1. The van der Waals surface area contributed by atoms with Gasteiger partial charge in [0.2, 0.25) is 23.8 Å². The molecule has 0 atom stereocenters. The van der Waals surface area contributed by atoms with Gasteiger partial charge in [0.25, 0.3) is 0 Å². The third-order valence-corrected chi connectivity index (χ3v) is 4.65. The summed E-state index contributed by atoms with van der Waals surface area (Å²) < 4.78 is 0. The normalized spacial score (nSPS) is 10.8. The summed E-state index contributed by atoms with van der Waals surface area (Å²) in [6, 6.07) is 7.51. The molecule has 0 fully saturated rings. The first kappa shape index (κ1) is 21.5. The molecule has 2 heterocycles. The van der Waals surface area contributed by atoms with Gasteiger partial charge in [-0.1, -0.05) is 6.92 Å². The van der Waals surface area contributed by atoms with Gasteiger partial charge in [-0.15, -0.1) is 10.2 Å². The van der Waals surface area contributed by atoms with E-state index in [-0.39, 0.29) is 5.91 Å². The van der Waals surface area contributed by atoms with Crippen molar-refractivity contribution >= 4 is 41.2 Å². The van der Waals surface area contributed by atoms with E-state index in [2.05, 4.69) is 51.0 Å². The van der Waals surface area contributed by atoms with Crippen LogP contribution in [0.3, 0.4) is 0 Å². The fourth-order valence-electron chi connectivity index (χ4n) is 2.26. The zero-order valence-electron chi connectivity index (χ0n) is 17.0. The second-order valence-corrected chi connectivity index (χ2v) is 7.53. The molecule has 1 aromatic carbocycles. The molecule has 11 nitrogen and oxygen atoms in total. The SMILES string of the molecule is CCC(=O)Nc1ccc(Sc2nc(NCCN(C)C)nc(Nc3nnc[nH]3)n2)cc1. The van der Waals surface area contributed by atoms with E-state index in [0.717, 1.165) is 17.1 Å². The van der Waals surface area contributed by atoms with Gasteiger partial charge in [-0.2, -0.15) is 15.0 Å². The monoisotopic (exact) mass is 428 g/mol. The van der Waals surface area contributed by atoms with Gasteiger partial charge in [0, 0.05) is 30.1 Å². The Morgan fingerprint density at radius 1 is 1.13 bits per heavy atom. The molecule has 30 heavy (non-hydrogen) atoms. The smallest absolute Gasteiger partial charge is 0.235 e. The highest BCUT2D eigenvalue weighted by Crippen LogP contribution is 2.27. The number of amides is 1. The van der Waals surface area contributed by atoms with Crippen LogP contribution in [0.25, 0.3) is 0 Å². The van der Waals surface area contributed by atoms with Crippen molar-refractivity contribution in [2.45, 2.75) is 23.4 Å². The maximum absolute atomic E-state index is 11.5. The summed E-state index contributed by atoms with van der Waals surface area (Å²) >= 11 is 1.39. The topological polar surface area (TPSA) is 137 Å². The number of nitrogens with one attached hydrogen (secondary N) is 4. The maximum Gasteiger partial charge on any atom is 0.235 e. The van der Waals surface area contributed by atoms with Crippen molar-refractivity contribution in [3.63, 3.8) is 0 Å². The van der Waals surface area contributed by atoms with Crippen molar-refractivity contribution in [3.8, 4) is 0 Å². The Hall–Kier alpha value is -3.25. The number of carbonyl (C=O) groups is 1. The molecule has 3 aromatic rings. The Balaban J connectivity index is 1.75. The fourth-order valence-corrected chi connectivity index (χ4v) is 3.01. The zero-order chi connectivity index (χ0) is 21.3. The Bertz CT molecular complexity index is 946. The second kappa shape index (κ2) is 10.5. The number of H-pyrrole nitrogens is 1. The van der Waals surface area contributed by atoms with Gasteiger partial charge in [-0.3, -0.25) is 10.1 Å². The minimum atomic E-state index is -0.0237. The average Bonchev–Trinajstić information content (AvgIpc) is 3.22. The molecule has 0 unspecified atom stereocenters. The number of hydrogen-bond acceptors (Lipinski definition) is 10. The Labute approximate surface area is 178 Å². The summed E-state index contributed by atoms with van der Waals surface area (Å²) in [6.07, 6.45) is 1.90. The van der Waals surface area contributed by atoms with Crippen molar-refractivity contribution in [2.24, 2.45) is 0 Å². The fraction of sp³-hybridized carbons (Fsp3) is 0.333. The minimum Gasteiger partial charge on any atom is -0.353 e. The number of anilines is 4. The van der Waals surface area contributed by atoms with Crippen LogP contribution in [0.5, 0.6) is 0 Å². The van der Waals surface area contributed by atoms with Gasteiger partial charge in [-0.05, 0) is 50.1 Å². The molecule has 3 rings (SSSR count). The molecule has 0 radical (unpaired) electrons. The predicted octanol–water partition coefficient (Wildman–Crippen LogP) is 2.21. The predicted molar refractivity (Wildman–Crippen MR) is 116 cm³/mol. The summed E-state index contributed by atoms with van der Waals surface area (Å²) in [7, 11) is 4.00. The van der Waals surface area contributed by atoms with Gasteiger partial charge in [0.1, 0.15) is 6.33 Å². The molecule has 1 amide bonds. The van der Waals surface area contributed by atoms with E-state index in [0.29, 0.717) is 36.0 Å². The van der Waals surface area contributed by atoms with E-state index in [9.17, 15) is 4.79 Å². The van der Waals surface area contributed by atoms with Crippen LogP contribution in [-0.4, -0.2) is 68.1 Å². The van der Waals surface area contributed by atoms with Crippen LogP contribution in [0, 0.1) is 0 Å². The van der Waals surface area contributed by atoms with Crippen LogP contribution in [0.2, 0.25) is 0 Å². The number of aromatic nitrogens is 6. The molecule has 4 N–H and O–H groups in total. The average molecular weight is 429 g/mol. The number of hydrogen-bond donors (Lipinski definition) is 4. The molecular formula is C18H24N10OS. The number of aromatic amines is 1. The third kappa shape index (κ3) is 6.67. The van der Waals surface area contributed by atoms with Gasteiger partial charge < -0.3 is 20.5 Å². The Kier molecular flexibility index (Phi) is 7.51. The van der Waals surface area contributed by atoms with Gasteiger partial charge in [0.15, 0.2) is 5.16 Å². The summed E-state index contributed by atoms with van der Waals surface area (Å²) in [4.78, 5) is 30.7. The largest absolute Gasteiger partial charge is 0.353 e. The lowest BCUT2D eigenvalue weighted by Crippen LogP contribution is -2.21. The van der Waals surface area contributed by atoms with Crippen LogP contribution in [-0.2, 0) is 4.79 Å². The summed E-state index contributed by atoms with van der Waals surface area (Å²) in [6.45, 7) is 3.34. The van der Waals surface area contributed by atoms with Crippen LogP contribution in [0.4, 0.5) is 23.5 Å². The lowest BCUT2D eigenvalue weighted by molar-refractivity contribution is -0.115. The van der Waals surface area contributed by atoms with Gasteiger partial charge in [0.05, 0.1) is 0 Å². The molecule has 158 valence electrons. The highest BCUT2D eigenvalue weighted by Gasteiger charge is 2.10. The first-order valence-corrected chi connectivity index (χ1v) is 10.2. The van der Waals surface area contributed by atoms with E-state index < -0.39 is 0 Å². The van der Waals surface area contributed by atoms with E-state index in [1.807, 2.05) is 45.3 Å². The summed E-state index contributed by atoms with van der Waals surface area (Å²) in [5.41, 5.74) is 0.751. The van der Waals surface area contributed by atoms with Gasteiger partial charge in [-0.25, -0.2) is 0 Å². The number of benzene rings is 1. The van der Waals surface area contributed by atoms with E-state index in [4.69, 9.17) is 0 Å². The molecule has 0 saturated carbocycles. The second-order valence-electron chi connectivity index (χ2n) is 6.49. The van der Waals surface area contributed by atoms with E-state index in [1.165, 1.54) is 18.1 Å². The lowest BCUT2D eigenvalue weighted by Gasteiger charge is -2.12. The van der Waals surface area contributed by atoms with Crippen LogP contribution in [0.1, 0.15) is 13.3 Å². The van der Waals surface area contributed by atoms with Crippen molar-refractivity contribution in [1.82, 2.24) is 35.0 Å². The highest BCUT2D eigenvalue weighted by molar-refractivity contribution is 7.99. The van der Waals surface area contributed by atoms with Crippen LogP contribution >= 0.6 is 11.8 Å². The molecule has 2 aromatic heterocycles. The van der Waals surface area contributed by atoms with Gasteiger partial charge >= 0.3 is 0 Å². The van der Waals surface area contributed by atoms with Crippen molar-refractivity contribution in [1.29, 1.82) is 0 Å². The third-order valence-electron chi connectivity index (χ3n) is 3.77. The molecule has 0 bridgehead atoms. The van der Waals surface area contributed by atoms with Crippen molar-refractivity contribution < 1.29 is 4.79 Å². The number of nitrogens with zero attached hydrogens (tertiary/aromatic N) is 6. The van der Waals surface area contributed by atoms with Crippen LogP contribution in [0.15, 0.2) is 40.6 Å². The Morgan fingerprint density at radius 3 is 2.57 bits per heavy atom. The van der Waals surface area contributed by atoms with E-state index in [1.54, 1.807) is 0 Å². The van der Waals surface area contributed by atoms with Crippen LogP contribution < -0.4 is 16.0 Å². The maximum atomic E-state index is 11.5. The zero-order valence-corrected chi connectivity index (χ0v) is 17.8. The lowest BCUT2D eigenvalue weighted by atomic mass is 10.3. The number of rotatable bonds is 10. The minimum absolute atomic E-state index is 0.0237.